The molecular formula is C8H19NO4S2. The Balaban J connectivity index is 4.44. The van der Waals surface area contributed by atoms with Crippen LogP contribution in [0.3, 0.4) is 0 Å². The summed E-state index contributed by atoms with van der Waals surface area (Å²) in [7, 11) is -7.33. The number of hydrogen-bond acceptors (Lipinski definition) is 4. The second-order valence-corrected chi connectivity index (χ2v) is 7.63. The Hall–Kier alpha value is -0.140. The van der Waals surface area contributed by atoms with Crippen LogP contribution in [0.25, 0.3) is 0 Å². The molecular weight excluding hydrogens is 238 g/mol. The molecule has 7 heteroatoms. The van der Waals surface area contributed by atoms with Crippen molar-refractivity contribution in [3.63, 3.8) is 0 Å². The van der Waals surface area contributed by atoms with Crippen molar-refractivity contribution in [1.29, 1.82) is 0 Å². The van der Waals surface area contributed by atoms with Gasteiger partial charge in [0.15, 0.2) is 0 Å². The van der Waals surface area contributed by atoms with Crippen molar-refractivity contribution in [3.8, 4) is 0 Å². The van der Waals surface area contributed by atoms with Crippen LogP contribution in [0, 0.1) is 0 Å². The highest BCUT2D eigenvalue weighted by Gasteiger charge is 2.25. The lowest BCUT2D eigenvalue weighted by molar-refractivity contribution is 0.489. The molecule has 15 heavy (non-hydrogen) atoms. The summed E-state index contributed by atoms with van der Waals surface area (Å²) in [5, 5.41) is 0. The lowest BCUT2D eigenvalue weighted by Gasteiger charge is -2.16. The highest BCUT2D eigenvalue weighted by atomic mass is 32.3. The first-order chi connectivity index (χ1) is 6.69. The van der Waals surface area contributed by atoms with Gasteiger partial charge >= 0.3 is 0 Å². The maximum atomic E-state index is 11.2. The van der Waals surface area contributed by atoms with Crippen molar-refractivity contribution in [2.24, 2.45) is 0 Å². The first-order valence-corrected chi connectivity index (χ1v) is 8.57. The molecule has 0 heterocycles. The van der Waals surface area contributed by atoms with E-state index in [-0.39, 0.29) is 6.54 Å². The quantitative estimate of drug-likeness (QED) is 0.632. The minimum atomic E-state index is -3.66. The molecule has 0 aliphatic rings. The zero-order valence-corrected chi connectivity index (χ0v) is 11.1. The highest BCUT2D eigenvalue weighted by molar-refractivity contribution is 8.03. The van der Waals surface area contributed by atoms with Gasteiger partial charge in [0, 0.05) is 6.54 Å². The topological polar surface area (TPSA) is 71.5 Å². The third kappa shape index (κ3) is 6.11. The minimum absolute atomic E-state index is 0.0532. The third-order valence-electron chi connectivity index (χ3n) is 1.93. The smallest absolute Gasteiger partial charge is 0.212 e. The molecule has 0 unspecified atom stereocenters. The van der Waals surface area contributed by atoms with E-state index in [2.05, 4.69) is 0 Å². The zero-order valence-electron chi connectivity index (χ0n) is 9.43. The molecule has 0 radical (unpaired) electrons. The standard InChI is InChI=1S/C8H19NO4S2/c1-4-5-6-7-8-9(14(2,10)11)15(3,12)13/h4-8H2,1-3H3. The van der Waals surface area contributed by atoms with Gasteiger partial charge < -0.3 is 0 Å². The Morgan fingerprint density at radius 3 is 1.67 bits per heavy atom. The van der Waals surface area contributed by atoms with Crippen LogP contribution < -0.4 is 0 Å². The summed E-state index contributed by atoms with van der Waals surface area (Å²) in [5.74, 6) is 0. The zero-order chi connectivity index (χ0) is 12.1. The van der Waals surface area contributed by atoms with Gasteiger partial charge in [-0.15, -0.1) is 0 Å². The number of sulfonamides is 2. The van der Waals surface area contributed by atoms with Gasteiger partial charge in [0.05, 0.1) is 12.5 Å². The molecule has 0 bridgehead atoms. The summed E-state index contributed by atoms with van der Waals surface area (Å²) in [6.07, 6.45) is 5.26. The van der Waals surface area contributed by atoms with Crippen LogP contribution in [0.4, 0.5) is 0 Å². The predicted octanol–water partition coefficient (Wildman–Crippen LogP) is 0.788. The van der Waals surface area contributed by atoms with Gasteiger partial charge in [0.25, 0.3) is 0 Å². The van der Waals surface area contributed by atoms with E-state index in [1.165, 1.54) is 0 Å². The summed E-state index contributed by atoms with van der Waals surface area (Å²) in [6.45, 7) is 2.09. The van der Waals surface area contributed by atoms with Crippen molar-refractivity contribution in [2.75, 3.05) is 19.1 Å². The Labute approximate surface area is 92.6 Å². The molecule has 0 saturated heterocycles. The van der Waals surface area contributed by atoms with Crippen LogP contribution in [0.2, 0.25) is 0 Å². The van der Waals surface area contributed by atoms with E-state index < -0.39 is 20.0 Å². The van der Waals surface area contributed by atoms with E-state index in [9.17, 15) is 16.8 Å². The molecule has 0 amide bonds. The molecule has 0 spiro atoms. The summed E-state index contributed by atoms with van der Waals surface area (Å²) in [4.78, 5) is 0. The molecule has 0 rings (SSSR count). The average molecular weight is 257 g/mol. The van der Waals surface area contributed by atoms with Gasteiger partial charge in [-0.3, -0.25) is 0 Å². The van der Waals surface area contributed by atoms with Gasteiger partial charge in [-0.05, 0) is 6.42 Å². The average Bonchev–Trinajstić information content (AvgIpc) is 1.99. The second-order valence-electron chi connectivity index (χ2n) is 3.58. The first kappa shape index (κ1) is 14.9. The SMILES string of the molecule is CCCCCCN(S(C)(=O)=O)S(C)(=O)=O. The van der Waals surface area contributed by atoms with E-state index in [0.29, 0.717) is 10.1 Å². The summed E-state index contributed by atoms with van der Waals surface area (Å²) in [6, 6.07) is 0. The van der Waals surface area contributed by atoms with Crippen LogP contribution >= 0.6 is 0 Å². The molecule has 0 aromatic rings. The number of nitrogens with zero attached hydrogens (tertiary/aromatic N) is 1. The van der Waals surface area contributed by atoms with Gasteiger partial charge in [-0.2, -0.15) is 0 Å². The lowest BCUT2D eigenvalue weighted by atomic mass is 10.2. The van der Waals surface area contributed by atoms with E-state index in [4.69, 9.17) is 0 Å². The Morgan fingerprint density at radius 1 is 0.867 bits per heavy atom. The number of unbranched alkanes of at least 4 members (excludes halogenated alkanes) is 3. The fraction of sp³-hybridized carbons (Fsp3) is 1.00. The molecule has 0 aliphatic carbocycles. The molecule has 0 N–H and O–H groups in total. The number of rotatable bonds is 7. The van der Waals surface area contributed by atoms with Crippen LogP contribution in [-0.4, -0.2) is 39.6 Å². The molecule has 0 saturated carbocycles. The van der Waals surface area contributed by atoms with E-state index >= 15 is 0 Å². The fourth-order valence-corrected chi connectivity index (χ4v) is 4.13. The van der Waals surface area contributed by atoms with Crippen molar-refractivity contribution in [1.82, 2.24) is 3.71 Å². The second kappa shape index (κ2) is 5.81. The van der Waals surface area contributed by atoms with Crippen LogP contribution in [0.15, 0.2) is 0 Å². The van der Waals surface area contributed by atoms with E-state index in [1.54, 1.807) is 0 Å². The lowest BCUT2D eigenvalue weighted by Crippen LogP contribution is -2.36. The summed E-state index contributed by atoms with van der Waals surface area (Å²) >= 11 is 0. The van der Waals surface area contributed by atoms with Crippen LogP contribution in [-0.2, 0) is 20.0 Å². The van der Waals surface area contributed by atoms with Gasteiger partial charge in [-0.1, -0.05) is 29.9 Å². The first-order valence-electron chi connectivity index (χ1n) is 4.87. The summed E-state index contributed by atoms with van der Waals surface area (Å²) in [5.41, 5.74) is 0. The highest BCUT2D eigenvalue weighted by Crippen LogP contribution is 2.08. The van der Waals surface area contributed by atoms with Gasteiger partial charge in [0.1, 0.15) is 0 Å². The molecule has 0 aromatic carbocycles. The predicted molar refractivity (Wildman–Crippen MR) is 60.5 cm³/mol. The van der Waals surface area contributed by atoms with Crippen LogP contribution in [0.1, 0.15) is 32.6 Å². The Bertz CT molecular complexity index is 339. The maximum Gasteiger partial charge on any atom is 0.224 e. The minimum Gasteiger partial charge on any atom is -0.212 e. The molecule has 0 fully saturated rings. The molecule has 92 valence electrons. The molecule has 0 aliphatic heterocycles. The normalized spacial score (nSPS) is 13.3. The monoisotopic (exact) mass is 257 g/mol. The summed E-state index contributed by atoms with van der Waals surface area (Å²) < 4.78 is 45.3. The Kier molecular flexibility index (Phi) is 5.76. The van der Waals surface area contributed by atoms with E-state index in [0.717, 1.165) is 31.8 Å². The molecule has 0 aromatic heterocycles. The largest absolute Gasteiger partial charge is 0.224 e. The van der Waals surface area contributed by atoms with Crippen molar-refractivity contribution >= 4 is 20.0 Å². The van der Waals surface area contributed by atoms with Crippen molar-refractivity contribution in [2.45, 2.75) is 32.6 Å². The molecule has 5 nitrogen and oxygen atoms in total. The Morgan fingerprint density at radius 2 is 1.33 bits per heavy atom. The van der Waals surface area contributed by atoms with Gasteiger partial charge in [-0.25, -0.2) is 16.8 Å². The van der Waals surface area contributed by atoms with Crippen molar-refractivity contribution < 1.29 is 16.8 Å². The molecule has 0 atom stereocenters. The van der Waals surface area contributed by atoms with Crippen molar-refractivity contribution in [3.05, 3.63) is 0 Å². The van der Waals surface area contributed by atoms with Crippen LogP contribution in [0.5, 0.6) is 0 Å². The maximum absolute atomic E-state index is 11.2. The third-order valence-corrected chi connectivity index (χ3v) is 5.40. The van der Waals surface area contributed by atoms with E-state index in [1.807, 2.05) is 6.92 Å². The fourth-order valence-electron chi connectivity index (χ4n) is 1.25. The number of hydrogen-bond donors (Lipinski definition) is 0. The van der Waals surface area contributed by atoms with Gasteiger partial charge in [0.2, 0.25) is 20.0 Å².